The van der Waals surface area contributed by atoms with Crippen molar-refractivity contribution in [2.75, 3.05) is 10.6 Å². The molecular weight excluding hydrogens is 483 g/mol. The van der Waals surface area contributed by atoms with Crippen LogP contribution in [0.3, 0.4) is 0 Å². The number of allylic oxidation sites excluding steroid dienone is 1. The lowest BCUT2D eigenvalue weighted by atomic mass is 10.0. The van der Waals surface area contributed by atoms with Gasteiger partial charge in [0.2, 0.25) is 5.95 Å². The molecule has 1 aliphatic heterocycles. The molecule has 1 amide bonds. The first-order chi connectivity index (χ1) is 16.0. The van der Waals surface area contributed by atoms with Gasteiger partial charge in [-0.15, -0.1) is 17.5 Å². The summed E-state index contributed by atoms with van der Waals surface area (Å²) in [5.74, 6) is -1.30. The molecule has 0 spiro atoms. The summed E-state index contributed by atoms with van der Waals surface area (Å²) in [7, 11) is 0. The van der Waals surface area contributed by atoms with Crippen LogP contribution in [0.25, 0.3) is 5.70 Å². The minimum Gasteiger partial charge on any atom is -0.324 e. The molecule has 0 fully saturated rings. The van der Waals surface area contributed by atoms with Crippen molar-refractivity contribution in [2.24, 2.45) is 0 Å². The number of fused-ring (bicyclic) bond motifs is 1. The fourth-order valence-electron chi connectivity index (χ4n) is 3.56. The second-order valence-electron chi connectivity index (χ2n) is 7.35. The second kappa shape index (κ2) is 9.62. The normalized spacial score (nSPS) is 14.3. The maximum absolute atomic E-state index is 14.0. The molecule has 0 saturated carbocycles. The Hall–Kier alpha value is -3.75. The third-order valence-electron chi connectivity index (χ3n) is 5.18. The first-order valence-corrected chi connectivity index (χ1v) is 10.4. The van der Waals surface area contributed by atoms with Crippen LogP contribution in [0.15, 0.2) is 78.9 Å². The predicted octanol–water partition coefficient (Wildman–Crippen LogP) is 5.94. The van der Waals surface area contributed by atoms with E-state index in [0.29, 0.717) is 11.0 Å². The molecule has 1 atom stereocenters. The molecule has 1 aromatic heterocycles. The van der Waals surface area contributed by atoms with Crippen molar-refractivity contribution in [1.29, 1.82) is 0 Å². The summed E-state index contributed by atoms with van der Waals surface area (Å²) in [5.41, 5.74) is 2.25. The number of nitrogens with one attached hydrogen (secondary N) is 2. The molecule has 5 rings (SSSR count). The molecule has 2 heterocycles. The van der Waals surface area contributed by atoms with Gasteiger partial charge in [-0.25, -0.2) is 13.5 Å². The summed E-state index contributed by atoms with van der Waals surface area (Å²) >= 11 is 6.02. The highest BCUT2D eigenvalue weighted by atomic mass is 35.5. The molecule has 0 aliphatic carbocycles. The minimum absolute atomic E-state index is 0. The van der Waals surface area contributed by atoms with Crippen LogP contribution in [0.4, 0.5) is 20.7 Å². The van der Waals surface area contributed by atoms with Gasteiger partial charge in [0.05, 0.1) is 5.56 Å². The zero-order valence-corrected chi connectivity index (χ0v) is 18.9. The van der Waals surface area contributed by atoms with E-state index in [9.17, 15) is 13.6 Å². The van der Waals surface area contributed by atoms with E-state index in [1.807, 2.05) is 18.2 Å². The lowest BCUT2D eigenvalue weighted by Crippen LogP contribution is -2.20. The molecule has 0 saturated heterocycles. The molecule has 10 heteroatoms. The van der Waals surface area contributed by atoms with Gasteiger partial charge in [-0.05, 0) is 53.6 Å². The summed E-state index contributed by atoms with van der Waals surface area (Å²) in [5, 5.41) is 10.7. The van der Waals surface area contributed by atoms with E-state index in [1.54, 1.807) is 35.0 Å². The van der Waals surface area contributed by atoms with Gasteiger partial charge < -0.3 is 5.32 Å². The molecule has 1 unspecified atom stereocenters. The fraction of sp³-hybridized carbons (Fsp3) is 0.0417. The smallest absolute Gasteiger partial charge is 0.261 e. The number of carbonyl (C=O) groups excluding carboxylic acids is 1. The summed E-state index contributed by atoms with van der Waals surface area (Å²) < 4.78 is 29.1. The maximum atomic E-state index is 14.0. The average molecular weight is 500 g/mol. The Balaban J connectivity index is 0.00000274. The predicted molar refractivity (Wildman–Crippen MR) is 129 cm³/mol. The van der Waals surface area contributed by atoms with E-state index in [1.165, 1.54) is 30.3 Å². The second-order valence-corrected chi connectivity index (χ2v) is 7.78. The SMILES string of the molecule is Cl.O=C(Nc1nc2n(n1)C(c1ccc(F)cc1)C=C(c1ccc(Cl)cc1)N2)c1ccccc1F. The van der Waals surface area contributed by atoms with Gasteiger partial charge in [0.1, 0.15) is 17.7 Å². The zero-order chi connectivity index (χ0) is 22.9. The molecule has 3 aromatic carbocycles. The quantitative estimate of drug-likeness (QED) is 0.364. The van der Waals surface area contributed by atoms with Crippen LogP contribution in [-0.4, -0.2) is 20.7 Å². The van der Waals surface area contributed by atoms with Gasteiger partial charge in [-0.3, -0.25) is 10.1 Å². The molecule has 4 aromatic rings. The Morgan fingerprint density at radius 1 is 1.00 bits per heavy atom. The number of anilines is 2. The van der Waals surface area contributed by atoms with Crippen LogP contribution in [0.5, 0.6) is 0 Å². The van der Waals surface area contributed by atoms with E-state index < -0.39 is 17.8 Å². The molecule has 34 heavy (non-hydrogen) atoms. The Labute approximate surface area is 204 Å². The van der Waals surface area contributed by atoms with Gasteiger partial charge in [0.25, 0.3) is 11.9 Å². The minimum atomic E-state index is -0.666. The number of aromatic nitrogens is 3. The van der Waals surface area contributed by atoms with Crippen LogP contribution in [0.2, 0.25) is 5.02 Å². The fourth-order valence-corrected chi connectivity index (χ4v) is 3.68. The van der Waals surface area contributed by atoms with Crippen LogP contribution in [0, 0.1) is 11.6 Å². The standard InChI is InChI=1S/C24H16ClF2N5O.ClH/c25-16-9-5-14(6-10-16)20-13-21(15-7-11-17(26)12-8-15)32-24(28-20)30-23(31-32)29-22(33)18-3-1-2-4-19(18)27;/h1-13,21H,(H2,28,29,30,31,33);1H. The number of nitrogens with zero attached hydrogens (tertiary/aromatic N) is 3. The van der Waals surface area contributed by atoms with Crippen LogP contribution < -0.4 is 10.6 Å². The third kappa shape index (κ3) is 4.64. The number of amides is 1. The number of hydrogen-bond donors (Lipinski definition) is 2. The summed E-state index contributed by atoms with van der Waals surface area (Å²) in [6.07, 6.45) is 1.92. The first-order valence-electron chi connectivity index (χ1n) is 10.0. The van der Waals surface area contributed by atoms with Gasteiger partial charge in [-0.2, -0.15) is 4.98 Å². The Morgan fingerprint density at radius 3 is 2.41 bits per heavy atom. The van der Waals surface area contributed by atoms with E-state index in [2.05, 4.69) is 20.7 Å². The Bertz CT molecular complexity index is 1370. The van der Waals surface area contributed by atoms with Crippen LogP contribution in [-0.2, 0) is 0 Å². The monoisotopic (exact) mass is 499 g/mol. The van der Waals surface area contributed by atoms with Crippen molar-refractivity contribution in [3.05, 3.63) is 112 Å². The maximum Gasteiger partial charge on any atom is 0.261 e. The Kier molecular flexibility index (Phi) is 6.63. The Morgan fingerprint density at radius 2 is 1.71 bits per heavy atom. The van der Waals surface area contributed by atoms with Crippen molar-refractivity contribution in [3.8, 4) is 0 Å². The van der Waals surface area contributed by atoms with Crippen LogP contribution in [0.1, 0.15) is 27.5 Å². The van der Waals surface area contributed by atoms with Crippen molar-refractivity contribution in [1.82, 2.24) is 14.8 Å². The molecule has 6 nitrogen and oxygen atoms in total. The van der Waals surface area contributed by atoms with E-state index >= 15 is 0 Å². The van der Waals surface area contributed by atoms with Gasteiger partial charge >= 0.3 is 0 Å². The number of halogens is 4. The molecule has 2 N–H and O–H groups in total. The van der Waals surface area contributed by atoms with E-state index in [0.717, 1.165) is 16.8 Å². The third-order valence-corrected chi connectivity index (χ3v) is 5.43. The topological polar surface area (TPSA) is 71.8 Å². The molecule has 0 bridgehead atoms. The average Bonchev–Trinajstić information content (AvgIpc) is 3.22. The van der Waals surface area contributed by atoms with E-state index in [-0.39, 0.29) is 29.7 Å². The van der Waals surface area contributed by atoms with Gasteiger partial charge in [0, 0.05) is 10.7 Å². The van der Waals surface area contributed by atoms with Crippen LogP contribution >= 0.6 is 24.0 Å². The van der Waals surface area contributed by atoms with E-state index in [4.69, 9.17) is 11.6 Å². The molecule has 0 radical (unpaired) electrons. The van der Waals surface area contributed by atoms with Crippen molar-refractivity contribution in [2.45, 2.75) is 6.04 Å². The lowest BCUT2D eigenvalue weighted by Gasteiger charge is -2.24. The largest absolute Gasteiger partial charge is 0.324 e. The highest BCUT2D eigenvalue weighted by Gasteiger charge is 2.26. The summed E-state index contributed by atoms with van der Waals surface area (Å²) in [6, 6.07) is 18.5. The highest BCUT2D eigenvalue weighted by molar-refractivity contribution is 6.30. The number of hydrogen-bond acceptors (Lipinski definition) is 4. The first kappa shape index (κ1) is 23.4. The zero-order valence-electron chi connectivity index (χ0n) is 17.4. The molecular formula is C24H17Cl2F2N5O. The summed E-state index contributed by atoms with van der Waals surface area (Å²) in [6.45, 7) is 0. The molecule has 172 valence electrons. The number of rotatable bonds is 4. The van der Waals surface area contributed by atoms with Gasteiger partial charge in [0.15, 0.2) is 0 Å². The lowest BCUT2D eigenvalue weighted by molar-refractivity contribution is 0.102. The van der Waals surface area contributed by atoms with Crippen molar-refractivity contribution in [3.63, 3.8) is 0 Å². The molecule has 1 aliphatic rings. The highest BCUT2D eigenvalue weighted by Crippen LogP contribution is 2.33. The van der Waals surface area contributed by atoms with Gasteiger partial charge in [-0.1, -0.05) is 48.0 Å². The van der Waals surface area contributed by atoms with Crippen molar-refractivity contribution < 1.29 is 13.6 Å². The number of carbonyl (C=O) groups is 1. The summed E-state index contributed by atoms with van der Waals surface area (Å²) in [4.78, 5) is 16.9. The number of benzene rings is 3. The van der Waals surface area contributed by atoms with Crippen molar-refractivity contribution >= 4 is 47.5 Å².